The predicted octanol–water partition coefficient (Wildman–Crippen LogP) is -0.248. The Balaban J connectivity index is 2.77. The van der Waals surface area contributed by atoms with Gasteiger partial charge in [-0.05, 0) is 0 Å². The van der Waals surface area contributed by atoms with E-state index in [0.29, 0.717) is 17.9 Å². The third-order valence-electron chi connectivity index (χ3n) is 1.24. The average molecular weight is 164 g/mol. The number of aliphatic hydroxyl groups is 1. The number of hydrogen-bond acceptors (Lipinski definition) is 5. The fourth-order valence-corrected chi connectivity index (χ4v) is 0.727. The van der Waals surface area contributed by atoms with E-state index in [0.717, 1.165) is 0 Å². The monoisotopic (exact) mass is 164 g/mol. The normalized spacial score (nSPS) is 9.00. The molecule has 0 aliphatic heterocycles. The van der Waals surface area contributed by atoms with Crippen LogP contribution in [-0.2, 0) is 0 Å². The van der Waals surface area contributed by atoms with Gasteiger partial charge in [0.25, 0.3) is 0 Å². The summed E-state index contributed by atoms with van der Waals surface area (Å²) in [6, 6.07) is 1.94. The minimum Gasteiger partial charge on any atom is -0.395 e. The molecule has 0 spiro atoms. The molecule has 5 nitrogen and oxygen atoms in total. The molecule has 0 fully saturated rings. The fourth-order valence-electron chi connectivity index (χ4n) is 0.727. The largest absolute Gasteiger partial charge is 0.395 e. The number of nitrogens with zero attached hydrogens (tertiary/aromatic N) is 3. The number of hydrogen-bond donors (Lipinski definition) is 2. The van der Waals surface area contributed by atoms with Crippen molar-refractivity contribution in [2.45, 2.75) is 0 Å². The first kappa shape index (κ1) is 8.43. The third kappa shape index (κ3) is 1.90. The first-order valence-corrected chi connectivity index (χ1v) is 3.43. The lowest BCUT2D eigenvalue weighted by atomic mass is 10.3. The lowest BCUT2D eigenvalue weighted by Crippen LogP contribution is -2.08. The van der Waals surface area contributed by atoms with E-state index in [2.05, 4.69) is 15.3 Å². The van der Waals surface area contributed by atoms with Crippen molar-refractivity contribution >= 4 is 5.82 Å². The maximum atomic E-state index is 8.59. The zero-order valence-electron chi connectivity index (χ0n) is 6.36. The smallest absolute Gasteiger partial charge is 0.147 e. The Morgan fingerprint density at radius 3 is 3.17 bits per heavy atom. The van der Waals surface area contributed by atoms with Crippen LogP contribution in [0.2, 0.25) is 0 Å². The van der Waals surface area contributed by atoms with Crippen LogP contribution in [0.15, 0.2) is 12.5 Å². The van der Waals surface area contributed by atoms with Crippen LogP contribution >= 0.6 is 0 Å². The summed E-state index contributed by atoms with van der Waals surface area (Å²) in [6.45, 7) is 0.389. The Kier molecular flexibility index (Phi) is 2.99. The van der Waals surface area contributed by atoms with Crippen molar-refractivity contribution in [2.24, 2.45) is 0 Å². The van der Waals surface area contributed by atoms with Crippen molar-refractivity contribution in [3.8, 4) is 6.07 Å². The van der Waals surface area contributed by atoms with Gasteiger partial charge in [0.05, 0.1) is 12.8 Å². The maximum absolute atomic E-state index is 8.59. The van der Waals surface area contributed by atoms with Gasteiger partial charge >= 0.3 is 0 Å². The van der Waals surface area contributed by atoms with E-state index in [1.807, 2.05) is 6.07 Å². The number of aliphatic hydroxyl groups excluding tert-OH is 1. The standard InChI is InChI=1S/C7H8N4O/c8-3-6-4-9-5-11-7(6)10-1-2-12/h4-5,12H,1-2H2,(H,9,10,11). The second-order valence-corrected chi connectivity index (χ2v) is 2.05. The molecule has 1 aromatic heterocycles. The summed E-state index contributed by atoms with van der Waals surface area (Å²) in [5, 5.41) is 19.9. The first-order chi connectivity index (χ1) is 5.88. The number of anilines is 1. The van der Waals surface area contributed by atoms with Gasteiger partial charge in [0.15, 0.2) is 0 Å². The van der Waals surface area contributed by atoms with E-state index in [1.165, 1.54) is 12.5 Å². The molecule has 0 atom stereocenters. The van der Waals surface area contributed by atoms with Gasteiger partial charge in [-0.1, -0.05) is 0 Å². The average Bonchev–Trinajstić information content (AvgIpc) is 2.15. The fraction of sp³-hybridized carbons (Fsp3) is 0.286. The van der Waals surface area contributed by atoms with Gasteiger partial charge in [0.1, 0.15) is 23.8 Å². The Hall–Kier alpha value is -1.67. The summed E-state index contributed by atoms with van der Waals surface area (Å²) < 4.78 is 0. The van der Waals surface area contributed by atoms with E-state index in [9.17, 15) is 0 Å². The van der Waals surface area contributed by atoms with Gasteiger partial charge in [-0.2, -0.15) is 5.26 Å². The number of nitrogens with one attached hydrogen (secondary N) is 1. The molecule has 0 radical (unpaired) electrons. The molecule has 0 amide bonds. The van der Waals surface area contributed by atoms with E-state index in [4.69, 9.17) is 10.4 Å². The first-order valence-electron chi connectivity index (χ1n) is 3.43. The molecule has 5 heteroatoms. The van der Waals surface area contributed by atoms with Crippen molar-refractivity contribution in [1.82, 2.24) is 9.97 Å². The quantitative estimate of drug-likeness (QED) is 0.643. The highest BCUT2D eigenvalue weighted by Crippen LogP contribution is 2.06. The van der Waals surface area contributed by atoms with E-state index >= 15 is 0 Å². The highest BCUT2D eigenvalue weighted by atomic mass is 16.3. The molecule has 1 heterocycles. The minimum atomic E-state index is 0.00880. The summed E-state index contributed by atoms with van der Waals surface area (Å²) in [6.07, 6.45) is 2.77. The molecule has 0 aliphatic rings. The summed E-state index contributed by atoms with van der Waals surface area (Å²) >= 11 is 0. The summed E-state index contributed by atoms with van der Waals surface area (Å²) in [4.78, 5) is 7.52. The molecule has 1 rings (SSSR count). The van der Waals surface area contributed by atoms with Crippen LogP contribution in [-0.4, -0.2) is 28.2 Å². The van der Waals surface area contributed by atoms with Gasteiger partial charge in [0, 0.05) is 6.54 Å². The van der Waals surface area contributed by atoms with Gasteiger partial charge < -0.3 is 10.4 Å². The Bertz CT molecular complexity index is 294. The molecule has 0 aromatic carbocycles. The third-order valence-corrected chi connectivity index (χ3v) is 1.24. The molecule has 62 valence electrons. The summed E-state index contributed by atoms with van der Waals surface area (Å²) in [7, 11) is 0. The highest BCUT2D eigenvalue weighted by Gasteiger charge is 2.00. The molecule has 0 bridgehead atoms. The Morgan fingerprint density at radius 1 is 1.67 bits per heavy atom. The van der Waals surface area contributed by atoms with Crippen LogP contribution in [0.3, 0.4) is 0 Å². The van der Waals surface area contributed by atoms with Gasteiger partial charge in [0.2, 0.25) is 0 Å². The molecule has 12 heavy (non-hydrogen) atoms. The van der Waals surface area contributed by atoms with Gasteiger partial charge in [-0.15, -0.1) is 0 Å². The van der Waals surface area contributed by atoms with Crippen LogP contribution in [0.5, 0.6) is 0 Å². The molecular formula is C7H8N4O. The van der Waals surface area contributed by atoms with Crippen LogP contribution in [0.25, 0.3) is 0 Å². The SMILES string of the molecule is N#Cc1cncnc1NCCO. The number of nitriles is 1. The minimum absolute atomic E-state index is 0.00880. The van der Waals surface area contributed by atoms with Gasteiger partial charge in [-0.25, -0.2) is 9.97 Å². The molecule has 2 N–H and O–H groups in total. The Labute approximate surface area is 69.7 Å². The topological polar surface area (TPSA) is 81.8 Å². The van der Waals surface area contributed by atoms with Crippen molar-refractivity contribution in [1.29, 1.82) is 5.26 Å². The predicted molar refractivity (Wildman–Crippen MR) is 42.3 cm³/mol. The van der Waals surface area contributed by atoms with Crippen molar-refractivity contribution in [2.75, 3.05) is 18.5 Å². The van der Waals surface area contributed by atoms with E-state index < -0.39 is 0 Å². The van der Waals surface area contributed by atoms with Crippen molar-refractivity contribution < 1.29 is 5.11 Å². The van der Waals surface area contributed by atoms with Crippen LogP contribution in [0.4, 0.5) is 5.82 Å². The zero-order chi connectivity index (χ0) is 8.81. The Morgan fingerprint density at radius 2 is 2.50 bits per heavy atom. The van der Waals surface area contributed by atoms with Gasteiger partial charge in [-0.3, -0.25) is 0 Å². The second-order valence-electron chi connectivity index (χ2n) is 2.05. The van der Waals surface area contributed by atoms with Crippen LogP contribution < -0.4 is 5.32 Å². The molecular weight excluding hydrogens is 156 g/mol. The molecule has 1 aromatic rings. The van der Waals surface area contributed by atoms with Crippen molar-refractivity contribution in [3.63, 3.8) is 0 Å². The second kappa shape index (κ2) is 4.26. The lowest BCUT2D eigenvalue weighted by molar-refractivity contribution is 0.311. The molecule has 0 aliphatic carbocycles. The van der Waals surface area contributed by atoms with E-state index in [-0.39, 0.29) is 6.61 Å². The van der Waals surface area contributed by atoms with Crippen molar-refractivity contribution in [3.05, 3.63) is 18.1 Å². The van der Waals surface area contributed by atoms with E-state index in [1.54, 1.807) is 0 Å². The zero-order valence-corrected chi connectivity index (χ0v) is 6.36. The highest BCUT2D eigenvalue weighted by molar-refractivity contribution is 5.49. The van der Waals surface area contributed by atoms with Crippen LogP contribution in [0, 0.1) is 11.3 Å². The summed E-state index contributed by atoms with van der Waals surface area (Å²) in [5.41, 5.74) is 0.381. The maximum Gasteiger partial charge on any atom is 0.147 e. The number of aromatic nitrogens is 2. The number of rotatable bonds is 3. The van der Waals surface area contributed by atoms with Crippen LogP contribution in [0.1, 0.15) is 5.56 Å². The molecule has 0 unspecified atom stereocenters. The molecule has 0 saturated carbocycles. The summed E-state index contributed by atoms with van der Waals surface area (Å²) in [5.74, 6) is 0.460. The molecule has 0 saturated heterocycles. The lowest BCUT2D eigenvalue weighted by Gasteiger charge is -2.02.